The van der Waals surface area contributed by atoms with Crippen LogP contribution in [0.15, 0.2) is 24.3 Å². The van der Waals surface area contributed by atoms with Crippen molar-refractivity contribution in [3.63, 3.8) is 0 Å². The topological polar surface area (TPSA) is 12.0 Å². The molecule has 0 radical (unpaired) electrons. The second-order valence-electron chi connectivity index (χ2n) is 5.30. The highest BCUT2D eigenvalue weighted by Gasteiger charge is 1.85. The SMILES string of the molecule is CCCCCC/C=C/CNC/C=C/CCCCCC. The standard InChI is InChI=1S/C18H35N/c1-3-5-7-9-11-13-15-17-19-18-16-14-12-10-8-6-4-2/h13-16,19H,3-12,17-18H2,1-2H3/b15-13+,16-14+. The van der Waals surface area contributed by atoms with E-state index in [-0.39, 0.29) is 0 Å². The van der Waals surface area contributed by atoms with Crippen LogP contribution in [-0.2, 0) is 0 Å². The molecule has 0 atom stereocenters. The minimum Gasteiger partial charge on any atom is -0.310 e. The number of hydrogen-bond donors (Lipinski definition) is 1. The number of unbranched alkanes of at least 4 members (excludes halogenated alkanes) is 8. The molecule has 0 saturated carbocycles. The van der Waals surface area contributed by atoms with E-state index in [0.717, 1.165) is 13.1 Å². The molecule has 0 aromatic heterocycles. The van der Waals surface area contributed by atoms with Crippen molar-refractivity contribution in [1.82, 2.24) is 5.32 Å². The van der Waals surface area contributed by atoms with Gasteiger partial charge in [0, 0.05) is 13.1 Å². The Hall–Kier alpha value is -0.560. The van der Waals surface area contributed by atoms with Crippen molar-refractivity contribution in [3.05, 3.63) is 24.3 Å². The van der Waals surface area contributed by atoms with Crippen LogP contribution < -0.4 is 5.32 Å². The largest absolute Gasteiger partial charge is 0.310 e. The summed E-state index contributed by atoms with van der Waals surface area (Å²) < 4.78 is 0. The Kier molecular flexibility index (Phi) is 16.9. The number of allylic oxidation sites excluding steroid dienone is 2. The van der Waals surface area contributed by atoms with Crippen LogP contribution in [-0.4, -0.2) is 13.1 Å². The van der Waals surface area contributed by atoms with Crippen molar-refractivity contribution in [3.8, 4) is 0 Å². The van der Waals surface area contributed by atoms with E-state index in [0.29, 0.717) is 0 Å². The van der Waals surface area contributed by atoms with Gasteiger partial charge in [-0.05, 0) is 25.7 Å². The molecule has 19 heavy (non-hydrogen) atoms. The predicted octanol–water partition coefficient (Wildman–Crippen LogP) is 5.63. The van der Waals surface area contributed by atoms with Gasteiger partial charge >= 0.3 is 0 Å². The monoisotopic (exact) mass is 265 g/mol. The molecular formula is C18H35N. The molecule has 0 aliphatic carbocycles. The Bertz CT molecular complexity index is 184. The van der Waals surface area contributed by atoms with Crippen LogP contribution in [0.2, 0.25) is 0 Å². The van der Waals surface area contributed by atoms with E-state index < -0.39 is 0 Å². The first-order valence-corrected chi connectivity index (χ1v) is 8.42. The van der Waals surface area contributed by atoms with Gasteiger partial charge in [-0.1, -0.05) is 76.7 Å². The average molecular weight is 265 g/mol. The molecule has 0 aliphatic heterocycles. The Balaban J connectivity index is 3.12. The smallest absolute Gasteiger partial charge is 0.0137 e. The zero-order valence-corrected chi connectivity index (χ0v) is 13.3. The van der Waals surface area contributed by atoms with E-state index in [4.69, 9.17) is 0 Å². The van der Waals surface area contributed by atoms with Gasteiger partial charge < -0.3 is 5.32 Å². The van der Waals surface area contributed by atoms with Crippen LogP contribution in [0.1, 0.15) is 78.1 Å². The van der Waals surface area contributed by atoms with Gasteiger partial charge in [0.2, 0.25) is 0 Å². The summed E-state index contributed by atoms with van der Waals surface area (Å²) in [4.78, 5) is 0. The van der Waals surface area contributed by atoms with Gasteiger partial charge in [-0.2, -0.15) is 0 Å². The highest BCUT2D eigenvalue weighted by molar-refractivity contribution is 4.87. The fourth-order valence-corrected chi connectivity index (χ4v) is 2.03. The molecule has 112 valence electrons. The van der Waals surface area contributed by atoms with E-state index in [1.807, 2.05) is 0 Å². The molecule has 0 heterocycles. The second kappa shape index (κ2) is 17.4. The lowest BCUT2D eigenvalue weighted by Gasteiger charge is -1.97. The molecule has 0 fully saturated rings. The third-order valence-corrected chi connectivity index (χ3v) is 3.31. The van der Waals surface area contributed by atoms with Gasteiger partial charge in [0.05, 0.1) is 0 Å². The maximum Gasteiger partial charge on any atom is 0.0137 e. The van der Waals surface area contributed by atoms with Crippen LogP contribution >= 0.6 is 0 Å². The molecule has 1 N–H and O–H groups in total. The maximum absolute atomic E-state index is 3.42. The molecule has 0 amide bonds. The Morgan fingerprint density at radius 2 is 1.05 bits per heavy atom. The Morgan fingerprint density at radius 3 is 1.47 bits per heavy atom. The second-order valence-corrected chi connectivity index (χ2v) is 5.30. The molecule has 0 spiro atoms. The molecule has 0 bridgehead atoms. The highest BCUT2D eigenvalue weighted by atomic mass is 14.8. The van der Waals surface area contributed by atoms with Crippen molar-refractivity contribution >= 4 is 0 Å². The Labute approximate surface area is 121 Å². The fraction of sp³-hybridized carbons (Fsp3) is 0.778. The van der Waals surface area contributed by atoms with Crippen molar-refractivity contribution in [2.24, 2.45) is 0 Å². The van der Waals surface area contributed by atoms with Crippen LogP contribution in [0, 0.1) is 0 Å². The minimum absolute atomic E-state index is 1.01. The van der Waals surface area contributed by atoms with Gasteiger partial charge in [-0.15, -0.1) is 0 Å². The minimum atomic E-state index is 1.01. The first kappa shape index (κ1) is 18.4. The molecule has 0 unspecified atom stereocenters. The predicted molar refractivity (Wildman–Crippen MR) is 88.7 cm³/mol. The quantitative estimate of drug-likeness (QED) is 0.317. The fourth-order valence-electron chi connectivity index (χ4n) is 2.03. The Morgan fingerprint density at radius 1 is 0.579 bits per heavy atom. The van der Waals surface area contributed by atoms with Crippen LogP contribution in [0.4, 0.5) is 0 Å². The zero-order chi connectivity index (χ0) is 14.0. The summed E-state index contributed by atoms with van der Waals surface area (Å²) in [5, 5.41) is 3.42. The molecule has 1 heteroatoms. The van der Waals surface area contributed by atoms with Gasteiger partial charge in [-0.3, -0.25) is 0 Å². The molecule has 1 nitrogen and oxygen atoms in total. The summed E-state index contributed by atoms with van der Waals surface area (Å²) in [6.07, 6.45) is 22.5. The molecule has 0 rings (SSSR count). The normalized spacial score (nSPS) is 11.9. The lowest BCUT2D eigenvalue weighted by Crippen LogP contribution is -2.12. The summed E-state index contributed by atoms with van der Waals surface area (Å²) in [5.74, 6) is 0. The van der Waals surface area contributed by atoms with Crippen molar-refractivity contribution < 1.29 is 0 Å². The average Bonchev–Trinajstić information content (AvgIpc) is 2.43. The van der Waals surface area contributed by atoms with Gasteiger partial charge in [0.15, 0.2) is 0 Å². The summed E-state index contributed by atoms with van der Waals surface area (Å²) in [6.45, 7) is 6.54. The lowest BCUT2D eigenvalue weighted by molar-refractivity contribution is 0.672. The highest BCUT2D eigenvalue weighted by Crippen LogP contribution is 2.03. The lowest BCUT2D eigenvalue weighted by atomic mass is 10.1. The van der Waals surface area contributed by atoms with E-state index in [9.17, 15) is 0 Å². The molecule has 0 aromatic carbocycles. The number of rotatable bonds is 14. The summed E-state index contributed by atoms with van der Waals surface area (Å²) >= 11 is 0. The first-order valence-electron chi connectivity index (χ1n) is 8.42. The van der Waals surface area contributed by atoms with Gasteiger partial charge in [-0.25, -0.2) is 0 Å². The third kappa shape index (κ3) is 17.4. The summed E-state index contributed by atoms with van der Waals surface area (Å²) in [5.41, 5.74) is 0. The van der Waals surface area contributed by atoms with E-state index in [2.05, 4.69) is 43.5 Å². The van der Waals surface area contributed by atoms with E-state index >= 15 is 0 Å². The first-order chi connectivity index (χ1) is 9.41. The van der Waals surface area contributed by atoms with Crippen molar-refractivity contribution in [1.29, 1.82) is 0 Å². The van der Waals surface area contributed by atoms with Crippen molar-refractivity contribution in [2.75, 3.05) is 13.1 Å². The number of nitrogens with one attached hydrogen (secondary N) is 1. The maximum atomic E-state index is 3.42. The summed E-state index contributed by atoms with van der Waals surface area (Å²) in [6, 6.07) is 0. The molecule has 0 aliphatic rings. The zero-order valence-electron chi connectivity index (χ0n) is 13.3. The van der Waals surface area contributed by atoms with E-state index in [1.54, 1.807) is 0 Å². The van der Waals surface area contributed by atoms with Gasteiger partial charge in [0.1, 0.15) is 0 Å². The van der Waals surface area contributed by atoms with Crippen LogP contribution in [0.25, 0.3) is 0 Å². The molecule has 0 saturated heterocycles. The van der Waals surface area contributed by atoms with Crippen LogP contribution in [0.3, 0.4) is 0 Å². The summed E-state index contributed by atoms with van der Waals surface area (Å²) in [7, 11) is 0. The van der Waals surface area contributed by atoms with Crippen molar-refractivity contribution in [2.45, 2.75) is 78.1 Å². The van der Waals surface area contributed by atoms with Crippen LogP contribution in [0.5, 0.6) is 0 Å². The number of hydrogen-bond acceptors (Lipinski definition) is 1. The molecular weight excluding hydrogens is 230 g/mol. The van der Waals surface area contributed by atoms with E-state index in [1.165, 1.54) is 64.2 Å². The van der Waals surface area contributed by atoms with Gasteiger partial charge in [0.25, 0.3) is 0 Å². The third-order valence-electron chi connectivity index (χ3n) is 3.31. The molecule has 0 aromatic rings.